The Hall–Kier alpha value is -2.14. The van der Waals surface area contributed by atoms with E-state index < -0.39 is 12.5 Å². The lowest BCUT2D eigenvalue weighted by atomic mass is 10.1. The van der Waals surface area contributed by atoms with E-state index in [-0.39, 0.29) is 11.3 Å². The van der Waals surface area contributed by atoms with Crippen molar-refractivity contribution < 1.29 is 18.3 Å². The Morgan fingerprint density at radius 3 is 2.55 bits per heavy atom. The SMILES string of the molecule is Cc1cc(C)c(NC(=O)c2ccccc2OC(F)F)c(Cl)c1. The van der Waals surface area contributed by atoms with Crippen LogP contribution in [0.2, 0.25) is 5.02 Å². The van der Waals surface area contributed by atoms with Gasteiger partial charge in [0.2, 0.25) is 0 Å². The van der Waals surface area contributed by atoms with Crippen LogP contribution in [0.15, 0.2) is 36.4 Å². The maximum Gasteiger partial charge on any atom is 0.387 e. The second-order valence-electron chi connectivity index (χ2n) is 4.77. The summed E-state index contributed by atoms with van der Waals surface area (Å²) in [6.45, 7) is 0.686. The molecule has 3 nitrogen and oxygen atoms in total. The van der Waals surface area contributed by atoms with Crippen LogP contribution in [0.5, 0.6) is 5.75 Å². The summed E-state index contributed by atoms with van der Waals surface area (Å²) >= 11 is 6.12. The summed E-state index contributed by atoms with van der Waals surface area (Å²) in [7, 11) is 0. The lowest BCUT2D eigenvalue weighted by molar-refractivity contribution is -0.0501. The molecule has 0 heterocycles. The quantitative estimate of drug-likeness (QED) is 0.876. The van der Waals surface area contributed by atoms with E-state index in [1.54, 1.807) is 19.1 Å². The van der Waals surface area contributed by atoms with Gasteiger partial charge in [-0.1, -0.05) is 29.8 Å². The molecule has 2 aromatic carbocycles. The van der Waals surface area contributed by atoms with Gasteiger partial charge in [0.05, 0.1) is 16.3 Å². The van der Waals surface area contributed by atoms with Crippen molar-refractivity contribution in [2.24, 2.45) is 0 Å². The number of para-hydroxylation sites is 1. The molecule has 0 saturated carbocycles. The molecule has 1 N–H and O–H groups in total. The molecule has 0 atom stereocenters. The van der Waals surface area contributed by atoms with E-state index >= 15 is 0 Å². The summed E-state index contributed by atoms with van der Waals surface area (Å²) in [4.78, 5) is 12.3. The maximum atomic E-state index is 12.4. The van der Waals surface area contributed by atoms with Gasteiger partial charge in [-0.25, -0.2) is 0 Å². The van der Waals surface area contributed by atoms with Crippen LogP contribution in [-0.2, 0) is 0 Å². The fourth-order valence-electron chi connectivity index (χ4n) is 2.11. The molecular weight excluding hydrogens is 312 g/mol. The number of halogens is 3. The molecule has 1 amide bonds. The molecule has 22 heavy (non-hydrogen) atoms. The Kier molecular flexibility index (Phi) is 4.98. The molecule has 0 radical (unpaired) electrons. The average molecular weight is 326 g/mol. The first kappa shape index (κ1) is 16.2. The van der Waals surface area contributed by atoms with Crippen molar-refractivity contribution >= 4 is 23.2 Å². The van der Waals surface area contributed by atoms with Crippen LogP contribution in [0.25, 0.3) is 0 Å². The topological polar surface area (TPSA) is 38.3 Å². The summed E-state index contributed by atoms with van der Waals surface area (Å²) in [5.74, 6) is -0.749. The smallest absolute Gasteiger partial charge is 0.387 e. The Labute approximate surface area is 131 Å². The van der Waals surface area contributed by atoms with Gasteiger partial charge in [-0.3, -0.25) is 4.79 Å². The Morgan fingerprint density at radius 1 is 1.23 bits per heavy atom. The van der Waals surface area contributed by atoms with Crippen LogP contribution in [0.4, 0.5) is 14.5 Å². The lowest BCUT2D eigenvalue weighted by Crippen LogP contribution is -2.16. The highest BCUT2D eigenvalue weighted by Gasteiger charge is 2.17. The molecule has 0 aliphatic rings. The molecule has 116 valence electrons. The summed E-state index contributed by atoms with van der Waals surface area (Å²) in [5, 5.41) is 3.03. The van der Waals surface area contributed by atoms with Crippen LogP contribution < -0.4 is 10.1 Å². The summed E-state index contributed by atoms with van der Waals surface area (Å²) in [6, 6.07) is 9.37. The van der Waals surface area contributed by atoms with Gasteiger partial charge in [-0.2, -0.15) is 8.78 Å². The number of carbonyl (C=O) groups is 1. The zero-order valence-corrected chi connectivity index (χ0v) is 12.7. The molecule has 0 spiro atoms. The van der Waals surface area contributed by atoms with E-state index in [1.165, 1.54) is 18.2 Å². The highest BCUT2D eigenvalue weighted by atomic mass is 35.5. The minimum atomic E-state index is -3.00. The number of aryl methyl sites for hydroxylation is 2. The van der Waals surface area contributed by atoms with Crippen molar-refractivity contribution in [3.05, 3.63) is 58.1 Å². The van der Waals surface area contributed by atoms with Gasteiger partial charge in [0, 0.05) is 0 Å². The third kappa shape index (κ3) is 3.74. The van der Waals surface area contributed by atoms with Crippen LogP contribution in [-0.4, -0.2) is 12.5 Å². The summed E-state index contributed by atoms with van der Waals surface area (Å²) < 4.78 is 29.1. The number of benzene rings is 2. The van der Waals surface area contributed by atoms with Crippen LogP contribution in [0.1, 0.15) is 21.5 Å². The highest BCUT2D eigenvalue weighted by molar-refractivity contribution is 6.34. The fourth-order valence-corrected chi connectivity index (χ4v) is 2.48. The number of alkyl halides is 2. The molecule has 6 heteroatoms. The second-order valence-corrected chi connectivity index (χ2v) is 5.17. The minimum absolute atomic E-state index is 0.0128. The number of nitrogens with one attached hydrogen (secondary N) is 1. The first-order valence-electron chi connectivity index (χ1n) is 6.50. The fraction of sp³-hybridized carbons (Fsp3) is 0.188. The largest absolute Gasteiger partial charge is 0.434 e. The zero-order valence-electron chi connectivity index (χ0n) is 12.0. The highest BCUT2D eigenvalue weighted by Crippen LogP contribution is 2.29. The van der Waals surface area contributed by atoms with Crippen LogP contribution in [0, 0.1) is 13.8 Å². The van der Waals surface area contributed by atoms with Crippen molar-refractivity contribution in [2.45, 2.75) is 20.5 Å². The number of rotatable bonds is 4. The van der Waals surface area contributed by atoms with E-state index in [4.69, 9.17) is 11.6 Å². The number of carbonyl (C=O) groups excluding carboxylic acids is 1. The van der Waals surface area contributed by atoms with E-state index in [0.29, 0.717) is 10.7 Å². The molecule has 0 unspecified atom stereocenters. The van der Waals surface area contributed by atoms with Crippen LogP contribution >= 0.6 is 11.6 Å². The van der Waals surface area contributed by atoms with Crippen molar-refractivity contribution in [3.8, 4) is 5.75 Å². The number of ether oxygens (including phenoxy) is 1. The van der Waals surface area contributed by atoms with Gasteiger partial charge in [0.15, 0.2) is 0 Å². The van der Waals surface area contributed by atoms with E-state index in [1.807, 2.05) is 13.0 Å². The first-order chi connectivity index (χ1) is 10.4. The molecule has 0 saturated heterocycles. The second kappa shape index (κ2) is 6.75. The number of amides is 1. The van der Waals surface area contributed by atoms with Gasteiger partial charge < -0.3 is 10.1 Å². The monoisotopic (exact) mass is 325 g/mol. The molecular formula is C16H14ClF2NO2. The lowest BCUT2D eigenvalue weighted by Gasteiger charge is -2.14. The number of hydrogen-bond donors (Lipinski definition) is 1. The van der Waals surface area contributed by atoms with E-state index in [0.717, 1.165) is 11.1 Å². The molecule has 2 rings (SSSR count). The standard InChI is InChI=1S/C16H14ClF2NO2/c1-9-7-10(2)14(12(17)8-9)20-15(21)11-5-3-4-6-13(11)22-16(18)19/h3-8,16H,1-2H3,(H,20,21). The zero-order chi connectivity index (χ0) is 16.3. The van der Waals surface area contributed by atoms with Crippen LogP contribution in [0.3, 0.4) is 0 Å². The van der Waals surface area contributed by atoms with Gasteiger partial charge in [-0.15, -0.1) is 0 Å². The molecule has 2 aromatic rings. The first-order valence-corrected chi connectivity index (χ1v) is 6.88. The third-order valence-corrected chi connectivity index (χ3v) is 3.32. The molecule has 0 aromatic heterocycles. The van der Waals surface area contributed by atoms with Gasteiger partial charge in [-0.05, 0) is 43.2 Å². The summed E-state index contributed by atoms with van der Waals surface area (Å²) in [6.07, 6.45) is 0. The van der Waals surface area contributed by atoms with Gasteiger partial charge in [0.1, 0.15) is 5.75 Å². The predicted molar refractivity (Wildman–Crippen MR) is 82.0 cm³/mol. The molecule has 0 fully saturated rings. The predicted octanol–water partition coefficient (Wildman–Crippen LogP) is 4.81. The van der Waals surface area contributed by atoms with Gasteiger partial charge >= 0.3 is 6.61 Å². The maximum absolute atomic E-state index is 12.4. The Morgan fingerprint density at radius 2 is 1.91 bits per heavy atom. The van der Waals surface area contributed by atoms with Crippen molar-refractivity contribution in [2.75, 3.05) is 5.32 Å². The van der Waals surface area contributed by atoms with Crippen molar-refractivity contribution in [1.82, 2.24) is 0 Å². The number of anilines is 1. The van der Waals surface area contributed by atoms with E-state index in [9.17, 15) is 13.6 Å². The van der Waals surface area contributed by atoms with Crippen molar-refractivity contribution in [3.63, 3.8) is 0 Å². The Balaban J connectivity index is 2.31. The Bertz CT molecular complexity index is 681. The normalized spacial score (nSPS) is 10.6. The third-order valence-electron chi connectivity index (χ3n) is 3.02. The van der Waals surface area contributed by atoms with Gasteiger partial charge in [0.25, 0.3) is 5.91 Å². The van der Waals surface area contributed by atoms with E-state index in [2.05, 4.69) is 10.1 Å². The van der Waals surface area contributed by atoms with Crippen molar-refractivity contribution in [1.29, 1.82) is 0 Å². The number of hydrogen-bond acceptors (Lipinski definition) is 2. The molecule has 0 aliphatic carbocycles. The minimum Gasteiger partial charge on any atom is -0.434 e. The molecule has 0 bridgehead atoms. The molecule has 0 aliphatic heterocycles. The average Bonchev–Trinajstić information content (AvgIpc) is 2.42. The summed E-state index contributed by atoms with van der Waals surface area (Å²) in [5.41, 5.74) is 2.20.